The van der Waals surface area contributed by atoms with Crippen LogP contribution >= 0.6 is 0 Å². The lowest BCUT2D eigenvalue weighted by Crippen LogP contribution is -2.45. The quantitative estimate of drug-likeness (QED) is 0.0459. The molecule has 4 nitrogen and oxygen atoms in total. The van der Waals surface area contributed by atoms with Crippen LogP contribution in [0.15, 0.2) is 36.5 Å². The van der Waals surface area contributed by atoms with Crippen LogP contribution in [0.3, 0.4) is 0 Å². The van der Waals surface area contributed by atoms with Gasteiger partial charge in [0.05, 0.1) is 18.8 Å². The highest BCUT2D eigenvalue weighted by atomic mass is 16.3. The summed E-state index contributed by atoms with van der Waals surface area (Å²) in [5, 5.41) is 22.9. The van der Waals surface area contributed by atoms with Crippen molar-refractivity contribution in [2.75, 3.05) is 6.61 Å². The molecule has 3 N–H and O–H groups in total. The van der Waals surface area contributed by atoms with Crippen molar-refractivity contribution in [2.45, 2.75) is 225 Å². The largest absolute Gasteiger partial charge is 0.394 e. The van der Waals surface area contributed by atoms with E-state index in [9.17, 15) is 15.0 Å². The fourth-order valence-electron chi connectivity index (χ4n) is 6.15. The Bertz CT molecular complexity index is 716. The Morgan fingerprint density at radius 2 is 0.830 bits per heavy atom. The molecule has 0 heterocycles. The predicted octanol–water partition coefficient (Wildman–Crippen LogP) is 12.6. The van der Waals surface area contributed by atoms with Gasteiger partial charge in [0.15, 0.2) is 0 Å². The molecule has 0 aliphatic rings. The zero-order chi connectivity index (χ0) is 34.3. The molecule has 0 rings (SSSR count). The summed E-state index contributed by atoms with van der Waals surface area (Å²) in [6.45, 7) is 4.29. The Morgan fingerprint density at radius 1 is 0.489 bits per heavy atom. The smallest absolute Gasteiger partial charge is 0.220 e. The van der Waals surface area contributed by atoms with E-state index in [4.69, 9.17) is 0 Å². The number of unbranched alkanes of at least 4 members (excludes halogenated alkanes) is 26. The molecule has 0 aromatic rings. The van der Waals surface area contributed by atoms with Crippen LogP contribution in [-0.4, -0.2) is 34.9 Å². The van der Waals surface area contributed by atoms with Crippen LogP contribution < -0.4 is 5.32 Å². The minimum absolute atomic E-state index is 0.0772. The van der Waals surface area contributed by atoms with Gasteiger partial charge >= 0.3 is 0 Å². The molecular formula is C43H81NO3. The van der Waals surface area contributed by atoms with Gasteiger partial charge < -0.3 is 15.5 Å². The van der Waals surface area contributed by atoms with Gasteiger partial charge in [-0.3, -0.25) is 4.79 Å². The SMILES string of the molecule is CCCCCCCCCCCC/C=C/CC/C=C/CC/C=C/C(O)C(CO)NC(=O)CCCCCCCCCCCCCCCCC. The summed E-state index contributed by atoms with van der Waals surface area (Å²) in [4.78, 5) is 12.3. The van der Waals surface area contributed by atoms with E-state index in [0.29, 0.717) is 6.42 Å². The van der Waals surface area contributed by atoms with Crippen LogP contribution in [0.25, 0.3) is 0 Å². The van der Waals surface area contributed by atoms with Crippen LogP contribution in [0.4, 0.5) is 0 Å². The van der Waals surface area contributed by atoms with Crippen LogP contribution in [0.1, 0.15) is 213 Å². The topological polar surface area (TPSA) is 69.6 Å². The van der Waals surface area contributed by atoms with Gasteiger partial charge in [0, 0.05) is 6.42 Å². The molecule has 1 amide bonds. The van der Waals surface area contributed by atoms with E-state index in [-0.39, 0.29) is 12.5 Å². The van der Waals surface area contributed by atoms with Crippen molar-refractivity contribution in [3.05, 3.63) is 36.5 Å². The minimum Gasteiger partial charge on any atom is -0.394 e. The average molecular weight is 660 g/mol. The van der Waals surface area contributed by atoms with E-state index in [2.05, 4.69) is 43.5 Å². The van der Waals surface area contributed by atoms with Crippen molar-refractivity contribution in [1.29, 1.82) is 0 Å². The molecule has 0 aromatic heterocycles. The molecule has 4 heteroatoms. The molecule has 0 radical (unpaired) electrons. The number of hydrogen-bond acceptors (Lipinski definition) is 3. The van der Waals surface area contributed by atoms with E-state index in [1.807, 2.05) is 6.08 Å². The zero-order valence-electron chi connectivity index (χ0n) is 31.5. The molecule has 0 spiro atoms. The van der Waals surface area contributed by atoms with Gasteiger partial charge in [-0.15, -0.1) is 0 Å². The monoisotopic (exact) mass is 660 g/mol. The van der Waals surface area contributed by atoms with Crippen molar-refractivity contribution in [3.8, 4) is 0 Å². The highest BCUT2D eigenvalue weighted by Gasteiger charge is 2.17. The Balaban J connectivity index is 3.65. The molecule has 2 unspecified atom stereocenters. The van der Waals surface area contributed by atoms with Crippen molar-refractivity contribution in [2.24, 2.45) is 0 Å². The highest BCUT2D eigenvalue weighted by molar-refractivity contribution is 5.76. The minimum atomic E-state index is -0.866. The lowest BCUT2D eigenvalue weighted by atomic mass is 10.0. The van der Waals surface area contributed by atoms with E-state index < -0.39 is 12.1 Å². The van der Waals surface area contributed by atoms with Gasteiger partial charge in [-0.05, 0) is 44.9 Å². The first-order valence-corrected chi connectivity index (χ1v) is 20.7. The Hall–Kier alpha value is -1.39. The number of carbonyl (C=O) groups excluding carboxylic acids is 1. The van der Waals surface area contributed by atoms with Crippen LogP contribution in [0, 0.1) is 0 Å². The summed E-state index contributed by atoms with van der Waals surface area (Å²) in [7, 11) is 0. The van der Waals surface area contributed by atoms with Gasteiger partial charge in [0.1, 0.15) is 0 Å². The molecule has 0 fully saturated rings. The van der Waals surface area contributed by atoms with Gasteiger partial charge in [0.2, 0.25) is 5.91 Å². The number of aliphatic hydroxyl groups excluding tert-OH is 2. The molecule has 2 atom stereocenters. The number of aliphatic hydroxyl groups is 2. The first kappa shape index (κ1) is 45.6. The van der Waals surface area contributed by atoms with E-state index in [0.717, 1.165) is 38.5 Å². The third-order valence-electron chi connectivity index (χ3n) is 9.35. The van der Waals surface area contributed by atoms with Crippen molar-refractivity contribution in [3.63, 3.8) is 0 Å². The van der Waals surface area contributed by atoms with Crippen LogP contribution in [0.2, 0.25) is 0 Å². The number of nitrogens with one attached hydrogen (secondary N) is 1. The standard InChI is InChI=1S/C43H81NO3/c1-3-5-7-9-11-13-15-17-19-20-21-22-23-25-26-28-30-32-34-36-38-42(46)41(40-45)44-43(47)39-37-35-33-31-29-27-24-18-16-14-12-10-8-6-4-2/h22-23,28,30,36,38,41-42,45-46H,3-21,24-27,29,31-35,37,39-40H2,1-2H3,(H,44,47)/b23-22+,30-28+,38-36+. The summed E-state index contributed by atoms with van der Waals surface area (Å²) < 4.78 is 0. The molecule has 0 saturated heterocycles. The first-order valence-electron chi connectivity index (χ1n) is 20.7. The molecule has 0 saturated carbocycles. The van der Waals surface area contributed by atoms with Crippen molar-refractivity contribution in [1.82, 2.24) is 5.32 Å². The maximum atomic E-state index is 12.3. The lowest BCUT2D eigenvalue weighted by Gasteiger charge is -2.19. The molecule has 0 bridgehead atoms. The fraction of sp³-hybridized carbons (Fsp3) is 0.837. The average Bonchev–Trinajstić information content (AvgIpc) is 3.07. The summed E-state index contributed by atoms with van der Waals surface area (Å²) in [6.07, 6.45) is 51.0. The Morgan fingerprint density at radius 3 is 1.23 bits per heavy atom. The van der Waals surface area contributed by atoms with Crippen molar-refractivity contribution >= 4 is 5.91 Å². The lowest BCUT2D eigenvalue weighted by molar-refractivity contribution is -0.123. The van der Waals surface area contributed by atoms with Crippen LogP contribution in [-0.2, 0) is 4.79 Å². The number of hydrogen-bond donors (Lipinski definition) is 3. The number of amides is 1. The third-order valence-corrected chi connectivity index (χ3v) is 9.35. The molecule has 276 valence electrons. The number of rotatable bonds is 37. The number of carbonyl (C=O) groups is 1. The molecule has 0 aromatic carbocycles. The predicted molar refractivity (Wildman–Crippen MR) is 207 cm³/mol. The first-order chi connectivity index (χ1) is 23.2. The van der Waals surface area contributed by atoms with Crippen LogP contribution in [0.5, 0.6) is 0 Å². The van der Waals surface area contributed by atoms with E-state index in [1.54, 1.807) is 6.08 Å². The summed E-state index contributed by atoms with van der Waals surface area (Å²) in [6, 6.07) is -0.641. The summed E-state index contributed by atoms with van der Waals surface area (Å²) in [5.74, 6) is -0.0772. The number of allylic oxidation sites excluding steroid dienone is 5. The summed E-state index contributed by atoms with van der Waals surface area (Å²) >= 11 is 0. The van der Waals surface area contributed by atoms with E-state index in [1.165, 1.54) is 154 Å². The molecule has 0 aliphatic carbocycles. The van der Waals surface area contributed by atoms with Gasteiger partial charge in [-0.1, -0.05) is 198 Å². The highest BCUT2D eigenvalue weighted by Crippen LogP contribution is 2.14. The molecular weight excluding hydrogens is 578 g/mol. The Kier molecular flexibility index (Phi) is 37.9. The molecule has 47 heavy (non-hydrogen) atoms. The third kappa shape index (κ3) is 35.7. The maximum Gasteiger partial charge on any atom is 0.220 e. The summed E-state index contributed by atoms with van der Waals surface area (Å²) in [5.41, 5.74) is 0. The second-order valence-corrected chi connectivity index (χ2v) is 14.0. The van der Waals surface area contributed by atoms with E-state index >= 15 is 0 Å². The normalized spacial score (nSPS) is 13.4. The molecule has 0 aliphatic heterocycles. The zero-order valence-corrected chi connectivity index (χ0v) is 31.5. The van der Waals surface area contributed by atoms with Gasteiger partial charge in [-0.2, -0.15) is 0 Å². The second kappa shape index (κ2) is 39.1. The van der Waals surface area contributed by atoms with Gasteiger partial charge in [-0.25, -0.2) is 0 Å². The maximum absolute atomic E-state index is 12.3. The Labute approximate surface area is 293 Å². The van der Waals surface area contributed by atoms with Gasteiger partial charge in [0.25, 0.3) is 0 Å². The fourth-order valence-corrected chi connectivity index (χ4v) is 6.15. The van der Waals surface area contributed by atoms with Crippen molar-refractivity contribution < 1.29 is 15.0 Å². The second-order valence-electron chi connectivity index (χ2n) is 14.0.